The Hall–Kier alpha value is -4.30. The van der Waals surface area contributed by atoms with E-state index in [1.165, 1.54) is 6.07 Å². The topological polar surface area (TPSA) is 102 Å². The highest BCUT2D eigenvalue weighted by atomic mass is 16.5. The molecule has 8 nitrogen and oxygen atoms in total. The number of para-hydroxylation sites is 2. The number of rotatable bonds is 8. The van der Waals surface area contributed by atoms with E-state index in [2.05, 4.69) is 5.32 Å². The molecule has 0 fully saturated rings. The Morgan fingerprint density at radius 1 is 0.912 bits per heavy atom. The molecule has 4 rings (SSSR count). The van der Waals surface area contributed by atoms with Gasteiger partial charge in [0.1, 0.15) is 18.1 Å². The SMILES string of the molecule is COc1ccc(OCCn2c(C)c(C(=O)Nc3ccccc3C(=O)NO)c3ccccc32)cc1. The third-order valence-corrected chi connectivity index (χ3v) is 5.62. The molecule has 1 heterocycles. The van der Waals surface area contributed by atoms with Crippen LogP contribution in [0, 0.1) is 6.92 Å². The van der Waals surface area contributed by atoms with Crippen LogP contribution in [-0.2, 0) is 6.54 Å². The maximum absolute atomic E-state index is 13.3. The van der Waals surface area contributed by atoms with E-state index in [0.717, 1.165) is 28.1 Å². The number of nitrogens with zero attached hydrogens (tertiary/aromatic N) is 1. The van der Waals surface area contributed by atoms with Crippen LogP contribution in [0.3, 0.4) is 0 Å². The van der Waals surface area contributed by atoms with Gasteiger partial charge in [-0.3, -0.25) is 14.8 Å². The number of benzene rings is 3. The van der Waals surface area contributed by atoms with Crippen LogP contribution in [0.25, 0.3) is 10.9 Å². The van der Waals surface area contributed by atoms with Crippen LogP contribution >= 0.6 is 0 Å². The first-order valence-corrected chi connectivity index (χ1v) is 10.7. The second-order valence-electron chi connectivity index (χ2n) is 7.59. The van der Waals surface area contributed by atoms with Gasteiger partial charge in [-0.25, -0.2) is 5.48 Å². The smallest absolute Gasteiger partial charge is 0.276 e. The van der Waals surface area contributed by atoms with Gasteiger partial charge < -0.3 is 19.4 Å². The second kappa shape index (κ2) is 10.1. The quantitative estimate of drug-likeness (QED) is 0.268. The molecule has 2 amide bonds. The zero-order valence-corrected chi connectivity index (χ0v) is 18.9. The van der Waals surface area contributed by atoms with Gasteiger partial charge in [0.05, 0.1) is 30.5 Å². The number of anilines is 1. The van der Waals surface area contributed by atoms with Crippen LogP contribution in [-0.4, -0.2) is 35.3 Å². The highest BCUT2D eigenvalue weighted by Crippen LogP contribution is 2.28. The zero-order chi connectivity index (χ0) is 24.1. The van der Waals surface area contributed by atoms with Crippen molar-refractivity contribution >= 4 is 28.4 Å². The number of methoxy groups -OCH3 is 1. The van der Waals surface area contributed by atoms with Crippen LogP contribution < -0.4 is 20.3 Å². The van der Waals surface area contributed by atoms with Crippen LogP contribution in [0.4, 0.5) is 5.69 Å². The minimum Gasteiger partial charge on any atom is -0.497 e. The Labute approximate surface area is 196 Å². The largest absolute Gasteiger partial charge is 0.497 e. The summed E-state index contributed by atoms with van der Waals surface area (Å²) in [4.78, 5) is 25.3. The van der Waals surface area contributed by atoms with Gasteiger partial charge in [-0.1, -0.05) is 30.3 Å². The van der Waals surface area contributed by atoms with Gasteiger partial charge >= 0.3 is 0 Å². The third-order valence-electron chi connectivity index (χ3n) is 5.62. The number of ether oxygens (including phenoxy) is 2. The van der Waals surface area contributed by atoms with E-state index in [-0.39, 0.29) is 11.5 Å². The minimum atomic E-state index is -0.703. The molecule has 0 aliphatic rings. The number of hydrogen-bond acceptors (Lipinski definition) is 5. The highest BCUT2D eigenvalue weighted by molar-refractivity contribution is 6.15. The Morgan fingerprint density at radius 2 is 1.59 bits per heavy atom. The summed E-state index contributed by atoms with van der Waals surface area (Å²) >= 11 is 0. The maximum Gasteiger partial charge on any atom is 0.276 e. The predicted octanol–water partition coefficient (Wildman–Crippen LogP) is 4.41. The van der Waals surface area contributed by atoms with Gasteiger partial charge in [-0.2, -0.15) is 0 Å². The summed E-state index contributed by atoms with van der Waals surface area (Å²) < 4.78 is 13.1. The first-order chi connectivity index (χ1) is 16.5. The molecule has 3 aromatic carbocycles. The minimum absolute atomic E-state index is 0.160. The molecular weight excluding hydrogens is 434 g/mol. The van der Waals surface area contributed by atoms with E-state index in [0.29, 0.717) is 24.4 Å². The van der Waals surface area contributed by atoms with Gasteiger partial charge in [0.2, 0.25) is 0 Å². The summed E-state index contributed by atoms with van der Waals surface area (Å²) in [6, 6.07) is 21.5. The number of amides is 2. The molecule has 4 aromatic rings. The monoisotopic (exact) mass is 459 g/mol. The molecule has 1 aromatic heterocycles. The van der Waals surface area contributed by atoms with Gasteiger partial charge in [-0.05, 0) is 49.4 Å². The normalized spacial score (nSPS) is 10.7. The van der Waals surface area contributed by atoms with Crippen LogP contribution in [0.5, 0.6) is 11.5 Å². The molecule has 8 heteroatoms. The molecule has 0 unspecified atom stereocenters. The Kier molecular flexibility index (Phi) is 6.79. The molecule has 0 radical (unpaired) electrons. The summed E-state index contributed by atoms with van der Waals surface area (Å²) in [5, 5.41) is 12.6. The van der Waals surface area contributed by atoms with Crippen molar-refractivity contribution in [1.82, 2.24) is 10.0 Å². The number of hydrogen-bond donors (Lipinski definition) is 3. The van der Waals surface area contributed by atoms with Gasteiger partial charge in [0.25, 0.3) is 11.8 Å². The summed E-state index contributed by atoms with van der Waals surface area (Å²) in [7, 11) is 1.61. The Balaban J connectivity index is 1.59. The summed E-state index contributed by atoms with van der Waals surface area (Å²) in [5.41, 5.74) is 4.27. The lowest BCUT2D eigenvalue weighted by Crippen LogP contribution is -2.22. The lowest BCUT2D eigenvalue weighted by Gasteiger charge is -2.12. The number of aromatic nitrogens is 1. The fourth-order valence-electron chi connectivity index (χ4n) is 3.97. The van der Waals surface area contributed by atoms with Gasteiger partial charge in [0, 0.05) is 16.6 Å². The average molecular weight is 460 g/mol. The molecule has 3 N–H and O–H groups in total. The van der Waals surface area contributed by atoms with E-state index in [1.54, 1.807) is 30.8 Å². The molecule has 0 bridgehead atoms. The van der Waals surface area contributed by atoms with Crippen molar-refractivity contribution in [3.63, 3.8) is 0 Å². The summed E-state index contributed by atoms with van der Waals surface area (Å²) in [6.45, 7) is 2.83. The fourth-order valence-corrected chi connectivity index (χ4v) is 3.97. The van der Waals surface area contributed by atoms with Gasteiger partial charge in [0.15, 0.2) is 0 Å². The van der Waals surface area contributed by atoms with Gasteiger partial charge in [-0.15, -0.1) is 0 Å². The van der Waals surface area contributed by atoms with E-state index in [9.17, 15) is 9.59 Å². The third kappa shape index (κ3) is 4.57. The van der Waals surface area contributed by atoms with Crippen molar-refractivity contribution in [2.75, 3.05) is 19.0 Å². The summed E-state index contributed by atoms with van der Waals surface area (Å²) in [6.07, 6.45) is 0. The molecular formula is C26H25N3O5. The fraction of sp³-hybridized carbons (Fsp3) is 0.154. The first kappa shape index (κ1) is 22.9. The van der Waals surface area contributed by atoms with Crippen molar-refractivity contribution in [2.24, 2.45) is 0 Å². The number of fused-ring (bicyclic) bond motifs is 1. The highest BCUT2D eigenvalue weighted by Gasteiger charge is 2.21. The lowest BCUT2D eigenvalue weighted by atomic mass is 10.1. The van der Waals surface area contributed by atoms with E-state index < -0.39 is 5.91 Å². The van der Waals surface area contributed by atoms with E-state index in [4.69, 9.17) is 14.7 Å². The first-order valence-electron chi connectivity index (χ1n) is 10.7. The molecule has 0 spiro atoms. The number of carbonyl (C=O) groups excluding carboxylic acids is 2. The number of nitrogens with one attached hydrogen (secondary N) is 2. The van der Waals surface area contributed by atoms with Crippen molar-refractivity contribution in [3.05, 3.63) is 89.6 Å². The Bertz CT molecular complexity index is 1330. The van der Waals surface area contributed by atoms with Crippen molar-refractivity contribution in [3.8, 4) is 11.5 Å². The van der Waals surface area contributed by atoms with Crippen LogP contribution in [0.15, 0.2) is 72.8 Å². The molecule has 0 saturated heterocycles. The molecule has 0 aliphatic heterocycles. The maximum atomic E-state index is 13.3. The van der Waals surface area contributed by atoms with E-state index in [1.807, 2.05) is 60.0 Å². The Morgan fingerprint density at radius 3 is 2.32 bits per heavy atom. The summed E-state index contributed by atoms with van der Waals surface area (Å²) in [5.74, 6) is 0.437. The van der Waals surface area contributed by atoms with E-state index >= 15 is 0 Å². The standard InChI is InChI=1S/C26H25N3O5/c1-17-24(26(31)27-22-9-5-3-7-20(22)25(30)28-32)21-8-4-6-10-23(21)29(17)15-16-34-19-13-11-18(33-2)12-14-19/h3-14,32H,15-16H2,1-2H3,(H,27,31)(H,28,30). The number of carbonyl (C=O) groups is 2. The van der Waals surface area contributed by atoms with Crippen molar-refractivity contribution in [2.45, 2.75) is 13.5 Å². The molecule has 34 heavy (non-hydrogen) atoms. The molecule has 174 valence electrons. The number of hydroxylamine groups is 1. The molecule has 0 saturated carbocycles. The second-order valence-corrected chi connectivity index (χ2v) is 7.59. The zero-order valence-electron chi connectivity index (χ0n) is 18.9. The average Bonchev–Trinajstić information content (AvgIpc) is 3.15. The molecule has 0 aliphatic carbocycles. The lowest BCUT2D eigenvalue weighted by molar-refractivity contribution is 0.0707. The predicted molar refractivity (Wildman–Crippen MR) is 129 cm³/mol. The van der Waals surface area contributed by atoms with Crippen molar-refractivity contribution < 1.29 is 24.3 Å². The van der Waals surface area contributed by atoms with Crippen LogP contribution in [0.1, 0.15) is 26.4 Å². The molecule has 0 atom stereocenters. The van der Waals surface area contributed by atoms with Crippen molar-refractivity contribution in [1.29, 1.82) is 0 Å². The van der Waals surface area contributed by atoms with Crippen LogP contribution in [0.2, 0.25) is 0 Å².